The number of morpholine rings is 1. The molecule has 28 heavy (non-hydrogen) atoms. The second-order valence-electron chi connectivity index (χ2n) is 7.14. The van der Waals surface area contributed by atoms with Gasteiger partial charge in [-0.25, -0.2) is 4.99 Å². The minimum Gasteiger partial charge on any atom is -0.494 e. The van der Waals surface area contributed by atoms with Crippen molar-refractivity contribution in [3.63, 3.8) is 0 Å². The van der Waals surface area contributed by atoms with E-state index in [1.807, 2.05) is 6.92 Å². The van der Waals surface area contributed by atoms with E-state index in [0.29, 0.717) is 19.1 Å². The summed E-state index contributed by atoms with van der Waals surface area (Å²) in [5.41, 5.74) is 2.31. The van der Waals surface area contributed by atoms with E-state index in [2.05, 4.69) is 54.5 Å². The maximum absolute atomic E-state index is 5.77. The molecule has 160 valence electrons. The minimum absolute atomic E-state index is 0. The molecular weight excluding hydrogens is 467 g/mol. The number of ether oxygens (including phenoxy) is 2. The van der Waals surface area contributed by atoms with Crippen molar-refractivity contribution in [2.24, 2.45) is 10.9 Å². The molecule has 0 saturated carbocycles. The molecule has 2 N–H and O–H groups in total. The third kappa shape index (κ3) is 8.96. The van der Waals surface area contributed by atoms with Crippen LogP contribution in [0.3, 0.4) is 0 Å². The van der Waals surface area contributed by atoms with Gasteiger partial charge in [-0.2, -0.15) is 0 Å². The summed E-state index contributed by atoms with van der Waals surface area (Å²) < 4.78 is 11.2. The largest absolute Gasteiger partial charge is 0.494 e. The van der Waals surface area contributed by atoms with Gasteiger partial charge in [-0.05, 0) is 38.3 Å². The standard InChI is InChI=1S/C21H36N4O2.HI/c1-5-22-21(23-14-18(4)16-25-9-11-26-12-10-25)24-15-19-8-7-17(3)13-20(19)27-6-2;/h7-8,13,18H,5-6,9-12,14-16H2,1-4H3,(H2,22,23,24);1H. The lowest BCUT2D eigenvalue weighted by Gasteiger charge is -2.29. The average molecular weight is 504 g/mol. The van der Waals surface area contributed by atoms with E-state index in [9.17, 15) is 0 Å². The molecule has 1 fully saturated rings. The molecule has 0 aliphatic carbocycles. The smallest absolute Gasteiger partial charge is 0.191 e. The van der Waals surface area contributed by atoms with Crippen LogP contribution in [0.25, 0.3) is 0 Å². The molecule has 0 bridgehead atoms. The lowest BCUT2D eigenvalue weighted by Crippen LogP contribution is -2.44. The van der Waals surface area contributed by atoms with E-state index in [4.69, 9.17) is 14.5 Å². The second-order valence-corrected chi connectivity index (χ2v) is 7.14. The van der Waals surface area contributed by atoms with Gasteiger partial charge in [-0.3, -0.25) is 4.90 Å². The second kappa shape index (κ2) is 14.0. The maximum atomic E-state index is 5.77. The quantitative estimate of drug-likeness (QED) is 0.308. The van der Waals surface area contributed by atoms with E-state index in [1.165, 1.54) is 5.56 Å². The SMILES string of the molecule is CCNC(=NCc1ccc(C)cc1OCC)NCC(C)CN1CCOCC1.I. The molecule has 1 atom stereocenters. The molecule has 6 nitrogen and oxygen atoms in total. The highest BCUT2D eigenvalue weighted by Crippen LogP contribution is 2.21. The fourth-order valence-electron chi connectivity index (χ4n) is 3.15. The number of aryl methyl sites for hydroxylation is 1. The number of guanidine groups is 1. The summed E-state index contributed by atoms with van der Waals surface area (Å²) in [6.07, 6.45) is 0. The Balaban J connectivity index is 0.00000392. The molecule has 7 heteroatoms. The Kier molecular flexibility index (Phi) is 12.5. The molecule has 0 radical (unpaired) electrons. The molecule has 2 rings (SSSR count). The van der Waals surface area contributed by atoms with Gasteiger partial charge in [0.15, 0.2) is 5.96 Å². The zero-order chi connectivity index (χ0) is 19.5. The first-order valence-electron chi connectivity index (χ1n) is 10.2. The minimum atomic E-state index is 0. The van der Waals surface area contributed by atoms with Gasteiger partial charge in [0.25, 0.3) is 0 Å². The van der Waals surface area contributed by atoms with Crippen molar-refractivity contribution in [3.8, 4) is 5.75 Å². The summed E-state index contributed by atoms with van der Waals surface area (Å²) in [6, 6.07) is 6.30. The normalized spacial score (nSPS) is 16.2. The molecule has 0 aromatic heterocycles. The Bertz CT molecular complexity index is 592. The van der Waals surface area contributed by atoms with Crippen LogP contribution >= 0.6 is 24.0 Å². The summed E-state index contributed by atoms with van der Waals surface area (Å²) in [6.45, 7) is 16.3. The van der Waals surface area contributed by atoms with E-state index in [1.54, 1.807) is 0 Å². The molecule has 1 heterocycles. The number of hydrogen-bond acceptors (Lipinski definition) is 4. The van der Waals surface area contributed by atoms with E-state index >= 15 is 0 Å². The third-order valence-electron chi connectivity index (χ3n) is 4.57. The molecular formula is C21H37IN4O2. The Morgan fingerprint density at radius 1 is 1.25 bits per heavy atom. The average Bonchev–Trinajstić information content (AvgIpc) is 2.66. The first-order valence-corrected chi connectivity index (χ1v) is 10.2. The highest BCUT2D eigenvalue weighted by atomic mass is 127. The summed E-state index contributed by atoms with van der Waals surface area (Å²) in [5.74, 6) is 2.33. The number of nitrogens with one attached hydrogen (secondary N) is 2. The van der Waals surface area contributed by atoms with Crippen LogP contribution < -0.4 is 15.4 Å². The van der Waals surface area contributed by atoms with Gasteiger partial charge in [0.2, 0.25) is 0 Å². The van der Waals surface area contributed by atoms with Gasteiger partial charge in [0.05, 0.1) is 26.4 Å². The van der Waals surface area contributed by atoms with Crippen LogP contribution in [0.4, 0.5) is 0 Å². The number of benzene rings is 1. The Hall–Kier alpha value is -1.06. The number of halogens is 1. The molecule has 0 spiro atoms. The molecule has 1 aliphatic heterocycles. The van der Waals surface area contributed by atoms with Gasteiger partial charge in [0, 0.05) is 38.3 Å². The zero-order valence-corrected chi connectivity index (χ0v) is 20.1. The molecule has 1 aliphatic rings. The Morgan fingerprint density at radius 2 is 2.00 bits per heavy atom. The number of rotatable bonds is 9. The lowest BCUT2D eigenvalue weighted by molar-refractivity contribution is 0.0320. The van der Waals surface area contributed by atoms with Crippen LogP contribution in [-0.2, 0) is 11.3 Å². The highest BCUT2D eigenvalue weighted by Gasteiger charge is 2.14. The summed E-state index contributed by atoms with van der Waals surface area (Å²) >= 11 is 0. The Labute approximate surface area is 187 Å². The van der Waals surface area contributed by atoms with Crippen molar-refractivity contribution in [2.45, 2.75) is 34.2 Å². The van der Waals surface area contributed by atoms with Gasteiger partial charge in [0.1, 0.15) is 5.75 Å². The number of nitrogens with zero attached hydrogens (tertiary/aromatic N) is 2. The molecule has 1 unspecified atom stereocenters. The van der Waals surface area contributed by atoms with Gasteiger partial charge in [-0.15, -0.1) is 24.0 Å². The van der Waals surface area contributed by atoms with Crippen LogP contribution in [0.1, 0.15) is 31.9 Å². The van der Waals surface area contributed by atoms with Crippen molar-refractivity contribution in [1.82, 2.24) is 15.5 Å². The topological polar surface area (TPSA) is 58.1 Å². The zero-order valence-electron chi connectivity index (χ0n) is 17.8. The predicted octanol–water partition coefficient (Wildman–Crippen LogP) is 3.04. The van der Waals surface area contributed by atoms with E-state index in [-0.39, 0.29) is 24.0 Å². The molecule has 1 aromatic carbocycles. The fraction of sp³-hybridized carbons (Fsp3) is 0.667. The van der Waals surface area contributed by atoms with Crippen LogP contribution in [-0.4, -0.2) is 63.4 Å². The third-order valence-corrected chi connectivity index (χ3v) is 4.57. The summed E-state index contributed by atoms with van der Waals surface area (Å²) in [4.78, 5) is 7.23. The van der Waals surface area contributed by atoms with Crippen LogP contribution in [0.2, 0.25) is 0 Å². The molecule has 1 saturated heterocycles. The molecule has 1 aromatic rings. The van der Waals surface area contributed by atoms with Crippen molar-refractivity contribution >= 4 is 29.9 Å². The first-order chi connectivity index (χ1) is 13.1. The number of aliphatic imine (C=N–C) groups is 1. The van der Waals surface area contributed by atoms with E-state index in [0.717, 1.165) is 63.2 Å². The van der Waals surface area contributed by atoms with Crippen molar-refractivity contribution in [2.75, 3.05) is 52.5 Å². The summed E-state index contributed by atoms with van der Waals surface area (Å²) in [7, 11) is 0. The molecule has 0 amide bonds. The van der Waals surface area contributed by atoms with Gasteiger partial charge in [-0.1, -0.05) is 19.1 Å². The summed E-state index contributed by atoms with van der Waals surface area (Å²) in [5, 5.41) is 6.82. The van der Waals surface area contributed by atoms with Gasteiger partial charge >= 0.3 is 0 Å². The Morgan fingerprint density at radius 3 is 2.68 bits per heavy atom. The fourth-order valence-corrected chi connectivity index (χ4v) is 3.15. The number of hydrogen-bond donors (Lipinski definition) is 2. The first kappa shape index (κ1) is 25.0. The van der Waals surface area contributed by atoms with Crippen molar-refractivity contribution < 1.29 is 9.47 Å². The highest BCUT2D eigenvalue weighted by molar-refractivity contribution is 14.0. The monoisotopic (exact) mass is 504 g/mol. The predicted molar refractivity (Wildman–Crippen MR) is 127 cm³/mol. The van der Waals surface area contributed by atoms with Crippen LogP contribution in [0, 0.1) is 12.8 Å². The van der Waals surface area contributed by atoms with Gasteiger partial charge < -0.3 is 20.1 Å². The lowest BCUT2D eigenvalue weighted by atomic mass is 10.1. The van der Waals surface area contributed by atoms with Crippen molar-refractivity contribution in [3.05, 3.63) is 29.3 Å². The van der Waals surface area contributed by atoms with Crippen molar-refractivity contribution in [1.29, 1.82) is 0 Å². The van der Waals surface area contributed by atoms with Crippen LogP contribution in [0.5, 0.6) is 5.75 Å². The van der Waals surface area contributed by atoms with E-state index < -0.39 is 0 Å². The van der Waals surface area contributed by atoms with Crippen LogP contribution in [0.15, 0.2) is 23.2 Å². The maximum Gasteiger partial charge on any atom is 0.191 e.